The van der Waals surface area contributed by atoms with Crippen LogP contribution in [0.25, 0.3) is 11.0 Å². The Labute approximate surface area is 114 Å². The number of fused-ring (bicyclic) bond motifs is 1. The SMILES string of the molecule is Cc1cc(Br)c2c(c1)n(C)c(=O)n2C1CCNC1. The monoisotopic (exact) mass is 309 g/mol. The Kier molecular flexibility index (Phi) is 2.83. The van der Waals surface area contributed by atoms with Gasteiger partial charge in [-0.15, -0.1) is 0 Å². The third kappa shape index (κ3) is 1.65. The normalized spacial score (nSPS) is 19.8. The fraction of sp³-hybridized carbons (Fsp3) is 0.462. The second kappa shape index (κ2) is 4.24. The van der Waals surface area contributed by atoms with Gasteiger partial charge >= 0.3 is 5.69 Å². The van der Waals surface area contributed by atoms with Crippen molar-refractivity contribution in [3.8, 4) is 0 Å². The summed E-state index contributed by atoms with van der Waals surface area (Å²) >= 11 is 3.60. The highest BCUT2D eigenvalue weighted by atomic mass is 79.9. The Morgan fingerprint density at radius 1 is 1.44 bits per heavy atom. The lowest BCUT2D eigenvalue weighted by Gasteiger charge is -2.11. The molecule has 0 amide bonds. The molecule has 5 heteroatoms. The number of nitrogens with zero attached hydrogens (tertiary/aromatic N) is 2. The van der Waals surface area contributed by atoms with Crippen molar-refractivity contribution in [1.82, 2.24) is 14.5 Å². The van der Waals surface area contributed by atoms with E-state index in [4.69, 9.17) is 0 Å². The first-order valence-corrected chi connectivity index (χ1v) is 6.96. The molecule has 0 aliphatic carbocycles. The Morgan fingerprint density at radius 2 is 2.22 bits per heavy atom. The van der Waals surface area contributed by atoms with E-state index in [1.165, 1.54) is 0 Å². The lowest BCUT2D eigenvalue weighted by molar-refractivity contribution is 0.535. The maximum Gasteiger partial charge on any atom is 0.329 e. The summed E-state index contributed by atoms with van der Waals surface area (Å²) in [5.74, 6) is 0. The number of aromatic nitrogens is 2. The van der Waals surface area contributed by atoms with Crippen LogP contribution in [0.5, 0.6) is 0 Å². The fourth-order valence-corrected chi connectivity index (χ4v) is 3.52. The van der Waals surface area contributed by atoms with Crippen LogP contribution in [0.4, 0.5) is 0 Å². The summed E-state index contributed by atoms with van der Waals surface area (Å²) in [7, 11) is 1.84. The minimum absolute atomic E-state index is 0.0741. The van der Waals surface area contributed by atoms with E-state index in [-0.39, 0.29) is 11.7 Å². The smallest absolute Gasteiger partial charge is 0.315 e. The van der Waals surface area contributed by atoms with Crippen molar-refractivity contribution >= 4 is 27.0 Å². The standard InChI is InChI=1S/C13H16BrN3O/c1-8-5-10(14)12-11(6-8)16(2)13(18)17(12)9-3-4-15-7-9/h5-6,9,15H,3-4,7H2,1-2H3. The molecule has 1 unspecified atom stereocenters. The molecule has 1 fully saturated rings. The van der Waals surface area contributed by atoms with Gasteiger partial charge in [0.2, 0.25) is 0 Å². The molecule has 4 nitrogen and oxygen atoms in total. The Bertz CT molecular complexity index is 665. The largest absolute Gasteiger partial charge is 0.329 e. The quantitative estimate of drug-likeness (QED) is 0.874. The minimum Gasteiger partial charge on any atom is -0.315 e. The molecule has 1 saturated heterocycles. The topological polar surface area (TPSA) is 39.0 Å². The molecule has 1 N–H and O–H groups in total. The molecule has 2 heterocycles. The summed E-state index contributed by atoms with van der Waals surface area (Å²) in [6, 6.07) is 4.40. The van der Waals surface area contributed by atoms with E-state index in [1.54, 1.807) is 4.57 Å². The molecule has 18 heavy (non-hydrogen) atoms. The number of imidazole rings is 1. The molecule has 1 aliphatic heterocycles. The summed E-state index contributed by atoms with van der Waals surface area (Å²) in [4.78, 5) is 12.4. The number of benzene rings is 1. The number of rotatable bonds is 1. The highest BCUT2D eigenvalue weighted by Crippen LogP contribution is 2.28. The fourth-order valence-electron chi connectivity index (χ4n) is 2.77. The molecule has 3 rings (SSSR count). The van der Waals surface area contributed by atoms with Crippen molar-refractivity contribution < 1.29 is 0 Å². The van der Waals surface area contributed by atoms with Crippen molar-refractivity contribution in [1.29, 1.82) is 0 Å². The summed E-state index contributed by atoms with van der Waals surface area (Å²) < 4.78 is 4.67. The van der Waals surface area contributed by atoms with Gasteiger partial charge < -0.3 is 5.32 Å². The van der Waals surface area contributed by atoms with Crippen LogP contribution in [0.3, 0.4) is 0 Å². The predicted molar refractivity (Wildman–Crippen MR) is 76.1 cm³/mol. The van der Waals surface area contributed by atoms with Gasteiger partial charge in [0.05, 0.1) is 17.1 Å². The summed E-state index contributed by atoms with van der Waals surface area (Å²) in [6.45, 7) is 3.90. The molecule has 1 aliphatic rings. The highest BCUT2D eigenvalue weighted by molar-refractivity contribution is 9.10. The van der Waals surface area contributed by atoms with Crippen LogP contribution in [-0.2, 0) is 7.05 Å². The molecule has 0 radical (unpaired) electrons. The van der Waals surface area contributed by atoms with Gasteiger partial charge in [0.1, 0.15) is 0 Å². The van der Waals surface area contributed by atoms with Gasteiger partial charge in [0, 0.05) is 18.1 Å². The van der Waals surface area contributed by atoms with Crippen LogP contribution in [0, 0.1) is 6.92 Å². The van der Waals surface area contributed by atoms with Crippen molar-refractivity contribution in [2.45, 2.75) is 19.4 Å². The zero-order valence-corrected chi connectivity index (χ0v) is 12.1. The zero-order chi connectivity index (χ0) is 12.9. The van der Waals surface area contributed by atoms with E-state index in [9.17, 15) is 4.79 Å². The number of hydrogen-bond donors (Lipinski definition) is 1. The van der Waals surface area contributed by atoms with E-state index >= 15 is 0 Å². The van der Waals surface area contributed by atoms with Gasteiger partial charge in [-0.05, 0) is 53.5 Å². The first kappa shape index (κ1) is 12.0. The van der Waals surface area contributed by atoms with E-state index in [1.807, 2.05) is 18.5 Å². The molecule has 1 aromatic heterocycles. The molecule has 0 spiro atoms. The van der Waals surface area contributed by atoms with Crippen molar-refractivity contribution in [3.63, 3.8) is 0 Å². The second-order valence-electron chi connectivity index (χ2n) is 4.97. The zero-order valence-electron chi connectivity index (χ0n) is 10.5. The second-order valence-corrected chi connectivity index (χ2v) is 5.83. The molecule has 96 valence electrons. The van der Waals surface area contributed by atoms with E-state index in [0.717, 1.165) is 40.6 Å². The first-order chi connectivity index (χ1) is 8.59. The van der Waals surface area contributed by atoms with Crippen LogP contribution in [0.1, 0.15) is 18.0 Å². The van der Waals surface area contributed by atoms with Crippen molar-refractivity contribution in [2.75, 3.05) is 13.1 Å². The summed E-state index contributed by atoms with van der Waals surface area (Å²) in [6.07, 6.45) is 1.01. The Hall–Kier alpha value is -1.07. The molecule has 1 atom stereocenters. The first-order valence-electron chi connectivity index (χ1n) is 6.17. The molecular weight excluding hydrogens is 294 g/mol. The molecule has 1 aromatic carbocycles. The van der Waals surface area contributed by atoms with E-state index < -0.39 is 0 Å². The number of nitrogens with one attached hydrogen (secondary N) is 1. The molecular formula is C13H16BrN3O. The summed E-state index contributed by atoms with van der Waals surface area (Å²) in [5.41, 5.74) is 3.25. The van der Waals surface area contributed by atoms with Crippen molar-refractivity contribution in [3.05, 3.63) is 32.7 Å². The van der Waals surface area contributed by atoms with Crippen LogP contribution in [0.15, 0.2) is 21.4 Å². The molecule has 0 bridgehead atoms. The Morgan fingerprint density at radius 3 is 2.89 bits per heavy atom. The Balaban J connectivity index is 2.37. The van der Waals surface area contributed by atoms with Gasteiger partial charge in [0.15, 0.2) is 0 Å². The van der Waals surface area contributed by atoms with Crippen LogP contribution in [-0.4, -0.2) is 22.2 Å². The average Bonchev–Trinajstić information content (AvgIpc) is 2.90. The van der Waals surface area contributed by atoms with Crippen LogP contribution < -0.4 is 11.0 Å². The maximum atomic E-state index is 12.4. The molecule has 0 saturated carbocycles. The van der Waals surface area contributed by atoms with Crippen LogP contribution >= 0.6 is 15.9 Å². The highest BCUT2D eigenvalue weighted by Gasteiger charge is 2.23. The van der Waals surface area contributed by atoms with Gasteiger partial charge in [0.25, 0.3) is 0 Å². The lowest BCUT2D eigenvalue weighted by Crippen LogP contribution is -2.27. The van der Waals surface area contributed by atoms with Crippen LogP contribution in [0.2, 0.25) is 0 Å². The van der Waals surface area contributed by atoms with Gasteiger partial charge in [-0.25, -0.2) is 4.79 Å². The molecule has 2 aromatic rings. The predicted octanol–water partition coefficient (Wildman–Crippen LogP) is 1.95. The van der Waals surface area contributed by atoms with Crippen molar-refractivity contribution in [2.24, 2.45) is 7.05 Å². The van der Waals surface area contributed by atoms with Gasteiger partial charge in [-0.1, -0.05) is 0 Å². The minimum atomic E-state index is 0.0741. The van der Waals surface area contributed by atoms with Gasteiger partial charge in [-0.3, -0.25) is 9.13 Å². The van der Waals surface area contributed by atoms with E-state index in [2.05, 4.69) is 33.4 Å². The average molecular weight is 310 g/mol. The lowest BCUT2D eigenvalue weighted by atomic mass is 10.2. The number of halogens is 1. The van der Waals surface area contributed by atoms with E-state index in [0.29, 0.717) is 0 Å². The number of hydrogen-bond acceptors (Lipinski definition) is 2. The van der Waals surface area contributed by atoms with Gasteiger partial charge in [-0.2, -0.15) is 0 Å². The number of aryl methyl sites for hydroxylation is 2. The third-order valence-corrected chi connectivity index (χ3v) is 4.29. The summed E-state index contributed by atoms with van der Waals surface area (Å²) in [5, 5.41) is 3.32. The maximum absolute atomic E-state index is 12.4. The third-order valence-electron chi connectivity index (χ3n) is 3.68.